The molecule has 0 aliphatic carbocycles. The molecule has 1 aliphatic heterocycles. The zero-order valence-corrected chi connectivity index (χ0v) is 15.3. The number of anilines is 2. The van der Waals surface area contributed by atoms with E-state index in [1.807, 2.05) is 12.1 Å². The molecule has 3 heterocycles. The van der Waals surface area contributed by atoms with Crippen LogP contribution in [0.15, 0.2) is 53.3 Å². The predicted octanol–water partition coefficient (Wildman–Crippen LogP) is 2.76. The molecule has 0 fully saturated rings. The summed E-state index contributed by atoms with van der Waals surface area (Å²) in [6.07, 6.45) is 3.96. The molecule has 3 aromatic rings. The molecule has 2 N–H and O–H groups in total. The average Bonchev–Trinajstić information content (AvgIpc) is 3.35. The molecule has 8 nitrogen and oxygen atoms in total. The quantitative estimate of drug-likeness (QED) is 0.682. The van der Waals surface area contributed by atoms with E-state index >= 15 is 0 Å². The second-order valence-electron chi connectivity index (χ2n) is 6.83. The van der Waals surface area contributed by atoms with Crippen molar-refractivity contribution in [2.24, 2.45) is 0 Å². The SMILES string of the molecule is C[C@H]1Cc2ccccc2N1Cc1ccoc1C(=O)Nc1ccn(CC(=O)O)n1. The van der Waals surface area contributed by atoms with Crippen LogP contribution in [0.3, 0.4) is 0 Å². The van der Waals surface area contributed by atoms with Crippen molar-refractivity contribution in [2.45, 2.75) is 32.5 Å². The van der Waals surface area contributed by atoms with Crippen molar-refractivity contribution in [3.63, 3.8) is 0 Å². The van der Waals surface area contributed by atoms with Gasteiger partial charge in [-0.1, -0.05) is 18.2 Å². The van der Waals surface area contributed by atoms with E-state index in [4.69, 9.17) is 9.52 Å². The number of nitrogens with one attached hydrogen (secondary N) is 1. The number of carboxylic acids is 1. The fourth-order valence-corrected chi connectivity index (χ4v) is 3.54. The summed E-state index contributed by atoms with van der Waals surface area (Å²) < 4.78 is 6.68. The largest absolute Gasteiger partial charge is 0.480 e. The van der Waals surface area contributed by atoms with Crippen LogP contribution in [-0.2, 0) is 24.3 Å². The molecule has 1 aliphatic rings. The Labute approximate surface area is 161 Å². The standard InChI is InChI=1S/C20H20N4O4/c1-13-10-14-4-2-3-5-16(14)24(13)11-15-7-9-28-19(15)20(27)21-17-6-8-23(22-17)12-18(25)26/h2-9,13H,10-12H2,1H3,(H,25,26)(H,21,22,27)/t13-/m0/s1. The van der Waals surface area contributed by atoms with Gasteiger partial charge in [0.1, 0.15) is 6.54 Å². The van der Waals surface area contributed by atoms with Gasteiger partial charge >= 0.3 is 5.97 Å². The lowest BCUT2D eigenvalue weighted by atomic mass is 10.1. The van der Waals surface area contributed by atoms with Crippen LogP contribution in [0.1, 0.15) is 28.6 Å². The Morgan fingerprint density at radius 1 is 1.29 bits per heavy atom. The first kappa shape index (κ1) is 17.8. The molecule has 0 saturated carbocycles. The maximum Gasteiger partial charge on any atom is 0.325 e. The van der Waals surface area contributed by atoms with E-state index in [-0.39, 0.29) is 18.1 Å². The molecule has 0 spiro atoms. The van der Waals surface area contributed by atoms with Gasteiger partial charge in [0, 0.05) is 36.1 Å². The summed E-state index contributed by atoms with van der Waals surface area (Å²) in [5, 5.41) is 15.5. The first-order chi connectivity index (χ1) is 13.5. The first-order valence-electron chi connectivity index (χ1n) is 8.99. The Bertz CT molecular complexity index is 1020. The van der Waals surface area contributed by atoms with Gasteiger partial charge in [-0.05, 0) is 31.0 Å². The number of furan rings is 1. The van der Waals surface area contributed by atoms with Crippen molar-refractivity contribution in [3.05, 3.63) is 65.7 Å². The van der Waals surface area contributed by atoms with Gasteiger partial charge in [0.2, 0.25) is 0 Å². The predicted molar refractivity (Wildman–Crippen MR) is 102 cm³/mol. The third kappa shape index (κ3) is 3.48. The molecule has 28 heavy (non-hydrogen) atoms. The number of aromatic nitrogens is 2. The van der Waals surface area contributed by atoms with E-state index in [0.717, 1.165) is 12.0 Å². The molecular weight excluding hydrogens is 360 g/mol. The number of rotatable bonds is 6. The number of benzene rings is 1. The van der Waals surface area contributed by atoms with E-state index in [1.54, 1.807) is 12.1 Å². The summed E-state index contributed by atoms with van der Waals surface area (Å²) in [4.78, 5) is 25.6. The monoisotopic (exact) mass is 380 g/mol. The summed E-state index contributed by atoms with van der Waals surface area (Å²) in [5.41, 5.74) is 3.26. The smallest absolute Gasteiger partial charge is 0.325 e. The lowest BCUT2D eigenvalue weighted by molar-refractivity contribution is -0.137. The number of carbonyl (C=O) groups is 2. The molecule has 144 valence electrons. The highest BCUT2D eigenvalue weighted by molar-refractivity contribution is 6.02. The highest BCUT2D eigenvalue weighted by Crippen LogP contribution is 2.33. The van der Waals surface area contributed by atoms with Crippen LogP contribution in [0.4, 0.5) is 11.5 Å². The van der Waals surface area contributed by atoms with Crippen molar-refractivity contribution >= 4 is 23.4 Å². The third-order valence-corrected chi connectivity index (χ3v) is 4.82. The molecule has 0 unspecified atom stereocenters. The number of amides is 1. The van der Waals surface area contributed by atoms with Crippen LogP contribution in [0.5, 0.6) is 0 Å². The number of nitrogens with zero attached hydrogens (tertiary/aromatic N) is 3. The first-order valence-corrected chi connectivity index (χ1v) is 8.99. The number of carbonyl (C=O) groups excluding carboxylic acids is 1. The normalized spacial score (nSPS) is 15.5. The van der Waals surface area contributed by atoms with E-state index in [2.05, 4.69) is 34.4 Å². The minimum atomic E-state index is -1.01. The minimum Gasteiger partial charge on any atom is -0.480 e. The fraction of sp³-hybridized carbons (Fsp3) is 0.250. The Hall–Kier alpha value is -3.55. The van der Waals surface area contributed by atoms with E-state index in [1.165, 1.54) is 28.4 Å². The summed E-state index contributed by atoms with van der Waals surface area (Å²) in [6, 6.07) is 11.9. The highest BCUT2D eigenvalue weighted by atomic mass is 16.4. The molecule has 1 atom stereocenters. The van der Waals surface area contributed by atoms with Gasteiger partial charge in [-0.25, -0.2) is 0 Å². The molecule has 1 amide bonds. The van der Waals surface area contributed by atoms with E-state index in [0.29, 0.717) is 12.6 Å². The van der Waals surface area contributed by atoms with Crippen LogP contribution >= 0.6 is 0 Å². The van der Waals surface area contributed by atoms with Crippen molar-refractivity contribution in [2.75, 3.05) is 10.2 Å². The Morgan fingerprint density at radius 3 is 2.93 bits per heavy atom. The van der Waals surface area contributed by atoms with Crippen molar-refractivity contribution in [1.29, 1.82) is 0 Å². The van der Waals surface area contributed by atoms with Gasteiger partial charge in [0.15, 0.2) is 11.6 Å². The number of fused-ring (bicyclic) bond motifs is 1. The van der Waals surface area contributed by atoms with E-state index < -0.39 is 11.9 Å². The summed E-state index contributed by atoms with van der Waals surface area (Å²) in [6.45, 7) is 2.45. The number of hydrogen-bond donors (Lipinski definition) is 2. The van der Waals surface area contributed by atoms with Crippen molar-refractivity contribution in [1.82, 2.24) is 9.78 Å². The molecule has 0 radical (unpaired) electrons. The summed E-state index contributed by atoms with van der Waals surface area (Å²) in [5.74, 6) is -0.923. The molecule has 0 bridgehead atoms. The zero-order valence-electron chi connectivity index (χ0n) is 15.3. The summed E-state index contributed by atoms with van der Waals surface area (Å²) in [7, 11) is 0. The highest BCUT2D eigenvalue weighted by Gasteiger charge is 2.27. The van der Waals surface area contributed by atoms with Crippen molar-refractivity contribution < 1.29 is 19.1 Å². The van der Waals surface area contributed by atoms with Gasteiger partial charge in [-0.2, -0.15) is 5.10 Å². The molecular formula is C20H20N4O4. The maximum absolute atomic E-state index is 12.6. The lowest BCUT2D eigenvalue weighted by Crippen LogP contribution is -2.29. The lowest BCUT2D eigenvalue weighted by Gasteiger charge is -2.24. The van der Waals surface area contributed by atoms with E-state index in [9.17, 15) is 9.59 Å². The molecule has 2 aromatic heterocycles. The van der Waals surface area contributed by atoms with Crippen LogP contribution in [0, 0.1) is 0 Å². The molecule has 0 saturated heterocycles. The third-order valence-electron chi connectivity index (χ3n) is 4.82. The maximum atomic E-state index is 12.6. The number of para-hydroxylation sites is 1. The minimum absolute atomic E-state index is 0.226. The number of hydrogen-bond acceptors (Lipinski definition) is 5. The topological polar surface area (TPSA) is 101 Å². The van der Waals surface area contributed by atoms with Gasteiger partial charge in [-0.15, -0.1) is 0 Å². The van der Waals surface area contributed by atoms with Gasteiger partial charge < -0.3 is 19.7 Å². The van der Waals surface area contributed by atoms with Gasteiger partial charge in [-0.3, -0.25) is 14.3 Å². The summed E-state index contributed by atoms with van der Waals surface area (Å²) >= 11 is 0. The number of carboxylic acid groups (broad SMARTS) is 1. The fourth-order valence-electron chi connectivity index (χ4n) is 3.54. The zero-order chi connectivity index (χ0) is 19.7. The van der Waals surface area contributed by atoms with Gasteiger partial charge in [0.25, 0.3) is 5.91 Å². The van der Waals surface area contributed by atoms with Crippen molar-refractivity contribution in [3.8, 4) is 0 Å². The Kier molecular flexibility index (Phi) is 4.60. The second-order valence-corrected chi connectivity index (χ2v) is 6.83. The Morgan fingerprint density at radius 2 is 2.11 bits per heavy atom. The molecule has 4 rings (SSSR count). The second kappa shape index (κ2) is 7.22. The molecule has 8 heteroatoms. The number of aliphatic carboxylic acids is 1. The Balaban J connectivity index is 1.49. The van der Waals surface area contributed by atoms with Crippen LogP contribution in [0.2, 0.25) is 0 Å². The molecule has 1 aromatic carbocycles. The van der Waals surface area contributed by atoms with Gasteiger partial charge in [0.05, 0.1) is 6.26 Å². The van der Waals surface area contributed by atoms with Crippen LogP contribution in [-0.4, -0.2) is 32.8 Å². The van der Waals surface area contributed by atoms with Crippen LogP contribution < -0.4 is 10.2 Å². The average molecular weight is 380 g/mol. The van der Waals surface area contributed by atoms with Crippen LogP contribution in [0.25, 0.3) is 0 Å².